The maximum absolute atomic E-state index is 13.7. The molecule has 182 valence electrons. The van der Waals surface area contributed by atoms with Gasteiger partial charge in [-0.15, -0.1) is 0 Å². The fourth-order valence-electron chi connectivity index (χ4n) is 4.35. The molecule has 0 radical (unpaired) electrons. The molecule has 1 unspecified atom stereocenters. The summed E-state index contributed by atoms with van der Waals surface area (Å²) in [6.45, 7) is 4.04. The first-order chi connectivity index (χ1) is 16.7. The first-order valence-corrected chi connectivity index (χ1v) is 11.9. The van der Waals surface area contributed by atoms with Crippen molar-refractivity contribution in [2.75, 3.05) is 16.8 Å². The van der Waals surface area contributed by atoms with Crippen LogP contribution in [0, 0.1) is 0 Å². The highest BCUT2D eigenvalue weighted by molar-refractivity contribution is 6.31. The number of hydrogen-bond acceptors (Lipinski definition) is 3. The number of anilines is 2. The van der Waals surface area contributed by atoms with Gasteiger partial charge in [-0.05, 0) is 62.2 Å². The largest absolute Gasteiger partial charge is 0.347 e. The number of hydroxylamine groups is 2. The van der Waals surface area contributed by atoms with Crippen molar-refractivity contribution in [3.8, 4) is 0 Å². The van der Waals surface area contributed by atoms with E-state index in [1.54, 1.807) is 53.4 Å². The second-order valence-electron chi connectivity index (χ2n) is 8.83. The van der Waals surface area contributed by atoms with E-state index in [1.165, 1.54) is 4.90 Å². The molecule has 0 bridgehead atoms. The van der Waals surface area contributed by atoms with Crippen LogP contribution in [0.25, 0.3) is 0 Å². The van der Waals surface area contributed by atoms with Gasteiger partial charge in [0.25, 0.3) is 0 Å². The highest BCUT2D eigenvalue weighted by Gasteiger charge is 2.55. The van der Waals surface area contributed by atoms with Crippen LogP contribution in [0.15, 0.2) is 78.9 Å². The van der Waals surface area contributed by atoms with Crippen LogP contribution < -0.4 is 10.2 Å². The van der Waals surface area contributed by atoms with Crippen molar-refractivity contribution in [3.05, 3.63) is 94.5 Å². The van der Waals surface area contributed by atoms with Crippen molar-refractivity contribution < 1.29 is 14.8 Å². The highest BCUT2D eigenvalue weighted by Crippen LogP contribution is 2.38. The predicted octanol–water partition coefficient (Wildman–Crippen LogP) is 6.51. The van der Waals surface area contributed by atoms with E-state index in [1.807, 2.05) is 44.2 Å². The molecule has 0 aromatic heterocycles. The Kier molecular flexibility index (Phi) is 7.21. The minimum atomic E-state index is -1.04. The van der Waals surface area contributed by atoms with Gasteiger partial charge in [0.05, 0.1) is 5.54 Å². The molecule has 35 heavy (non-hydrogen) atoms. The summed E-state index contributed by atoms with van der Waals surface area (Å²) in [7, 11) is 0. The van der Waals surface area contributed by atoms with Gasteiger partial charge < -0.3 is 10.2 Å². The van der Waals surface area contributed by atoms with Gasteiger partial charge in [0.1, 0.15) is 0 Å². The Morgan fingerprint density at radius 1 is 1.00 bits per heavy atom. The number of carbonyl (C=O) groups excluding carboxylic acids is 2. The lowest BCUT2D eigenvalue weighted by atomic mass is 9.99. The van der Waals surface area contributed by atoms with Crippen LogP contribution in [0.4, 0.5) is 21.0 Å². The van der Waals surface area contributed by atoms with Crippen molar-refractivity contribution >= 4 is 46.6 Å². The summed E-state index contributed by atoms with van der Waals surface area (Å²) in [4.78, 5) is 29.9. The lowest BCUT2D eigenvalue weighted by molar-refractivity contribution is -0.0947. The normalized spacial score (nSPS) is 16.9. The summed E-state index contributed by atoms with van der Waals surface area (Å²) in [6, 6.07) is 22.0. The minimum Gasteiger partial charge on any atom is -0.315 e. The van der Waals surface area contributed by atoms with E-state index >= 15 is 0 Å². The number of nitrogens with zero attached hydrogens (tertiary/aromatic N) is 3. The second-order valence-corrected chi connectivity index (χ2v) is 9.70. The van der Waals surface area contributed by atoms with E-state index in [9.17, 15) is 14.8 Å². The molecule has 3 aromatic rings. The van der Waals surface area contributed by atoms with Crippen LogP contribution in [0.5, 0.6) is 0 Å². The standard InChI is InChI=1S/C26H26Cl2N4O3/c1-26(2)23(32(35)24(33)29-21-12-6-10-19(27)16-21)31(22-13-7-11-20(28)17-22)25(34)30(26)15-14-18-8-4-3-5-9-18/h3-13,16-17,23,35H,14-15H2,1-2H3,(H,29,33). The molecule has 1 aliphatic rings. The SMILES string of the molecule is CC1(C)C(N(O)C(=O)Nc2cccc(Cl)c2)N(c2cccc(Cl)c2)C(=O)N1CCc1ccccc1. The molecule has 9 heteroatoms. The summed E-state index contributed by atoms with van der Waals surface area (Å²) < 4.78 is 0. The second kappa shape index (κ2) is 10.2. The number of halogens is 2. The maximum Gasteiger partial charge on any atom is 0.347 e. The molecule has 1 heterocycles. The van der Waals surface area contributed by atoms with Gasteiger partial charge in [-0.1, -0.05) is 65.7 Å². The zero-order valence-electron chi connectivity index (χ0n) is 19.4. The smallest absolute Gasteiger partial charge is 0.315 e. The van der Waals surface area contributed by atoms with Crippen molar-refractivity contribution in [2.24, 2.45) is 0 Å². The van der Waals surface area contributed by atoms with Crippen LogP contribution >= 0.6 is 23.2 Å². The molecule has 1 fully saturated rings. The third-order valence-electron chi connectivity index (χ3n) is 6.08. The van der Waals surface area contributed by atoms with E-state index in [0.717, 1.165) is 5.56 Å². The Labute approximate surface area is 214 Å². The summed E-state index contributed by atoms with van der Waals surface area (Å²) >= 11 is 12.2. The van der Waals surface area contributed by atoms with Gasteiger partial charge in [-0.25, -0.2) is 9.59 Å². The first kappa shape index (κ1) is 24.9. The van der Waals surface area contributed by atoms with Gasteiger partial charge in [0.2, 0.25) is 0 Å². The summed E-state index contributed by atoms with van der Waals surface area (Å²) in [6.07, 6.45) is -0.421. The summed E-state index contributed by atoms with van der Waals surface area (Å²) in [5.74, 6) is 0. The molecule has 3 aromatic carbocycles. The number of hydrogen-bond donors (Lipinski definition) is 2. The highest BCUT2D eigenvalue weighted by atomic mass is 35.5. The van der Waals surface area contributed by atoms with Gasteiger partial charge in [-0.3, -0.25) is 10.1 Å². The number of urea groups is 2. The Morgan fingerprint density at radius 3 is 2.31 bits per heavy atom. The number of nitrogens with one attached hydrogen (secondary N) is 1. The zero-order chi connectivity index (χ0) is 25.2. The van der Waals surface area contributed by atoms with E-state index < -0.39 is 17.7 Å². The third kappa shape index (κ3) is 5.22. The van der Waals surface area contributed by atoms with E-state index in [2.05, 4.69) is 5.32 Å². The van der Waals surface area contributed by atoms with E-state index in [-0.39, 0.29) is 6.03 Å². The summed E-state index contributed by atoms with van der Waals surface area (Å²) in [5, 5.41) is 15.2. The average Bonchev–Trinajstić information content (AvgIpc) is 3.02. The molecular formula is C26H26Cl2N4O3. The Balaban J connectivity index is 1.66. The Morgan fingerprint density at radius 2 is 1.66 bits per heavy atom. The third-order valence-corrected chi connectivity index (χ3v) is 6.55. The summed E-state index contributed by atoms with van der Waals surface area (Å²) in [5.41, 5.74) is 1.01. The number of amides is 4. The Bertz CT molecular complexity index is 1220. The fraction of sp³-hybridized carbons (Fsp3) is 0.231. The molecule has 1 aliphatic heterocycles. The van der Waals surface area contributed by atoms with Gasteiger partial charge in [0.15, 0.2) is 6.17 Å². The molecule has 1 atom stereocenters. The molecule has 7 nitrogen and oxygen atoms in total. The topological polar surface area (TPSA) is 76.1 Å². The lowest BCUT2D eigenvalue weighted by Crippen LogP contribution is -2.58. The van der Waals surface area contributed by atoms with Crippen molar-refractivity contribution in [2.45, 2.75) is 32.0 Å². The molecule has 0 spiro atoms. The number of rotatable bonds is 6. The molecule has 4 rings (SSSR count). The Hall–Kier alpha value is -3.26. The van der Waals surface area contributed by atoms with Gasteiger partial charge in [-0.2, -0.15) is 5.06 Å². The van der Waals surface area contributed by atoms with E-state index in [0.29, 0.717) is 39.4 Å². The average molecular weight is 513 g/mol. The van der Waals surface area contributed by atoms with Crippen molar-refractivity contribution in [1.82, 2.24) is 9.96 Å². The molecule has 0 aliphatic carbocycles. The van der Waals surface area contributed by atoms with Crippen molar-refractivity contribution in [3.63, 3.8) is 0 Å². The van der Waals surface area contributed by atoms with Crippen LogP contribution in [0.1, 0.15) is 19.4 Å². The maximum atomic E-state index is 13.7. The van der Waals surface area contributed by atoms with Gasteiger partial charge in [0, 0.05) is 28.0 Å². The molecular weight excluding hydrogens is 487 g/mol. The van der Waals surface area contributed by atoms with Crippen LogP contribution in [0.3, 0.4) is 0 Å². The number of carbonyl (C=O) groups is 2. The van der Waals surface area contributed by atoms with Crippen LogP contribution in [-0.4, -0.2) is 45.5 Å². The quantitative estimate of drug-likeness (QED) is 0.292. The monoisotopic (exact) mass is 512 g/mol. The predicted molar refractivity (Wildman–Crippen MR) is 138 cm³/mol. The van der Waals surface area contributed by atoms with Crippen LogP contribution in [-0.2, 0) is 6.42 Å². The van der Waals surface area contributed by atoms with Crippen LogP contribution in [0.2, 0.25) is 10.0 Å². The molecule has 2 N–H and O–H groups in total. The van der Waals surface area contributed by atoms with Gasteiger partial charge >= 0.3 is 12.1 Å². The molecule has 1 saturated heterocycles. The molecule has 0 saturated carbocycles. The van der Waals surface area contributed by atoms with Crippen molar-refractivity contribution in [1.29, 1.82) is 0 Å². The number of benzene rings is 3. The zero-order valence-corrected chi connectivity index (χ0v) is 20.9. The minimum absolute atomic E-state index is 0.340. The van der Waals surface area contributed by atoms with E-state index in [4.69, 9.17) is 23.2 Å². The lowest BCUT2D eigenvalue weighted by Gasteiger charge is -2.38. The molecule has 4 amide bonds. The first-order valence-electron chi connectivity index (χ1n) is 11.1. The fourth-order valence-corrected chi connectivity index (χ4v) is 4.72.